The Kier molecular flexibility index (Phi) is 2.68. The van der Waals surface area contributed by atoms with Gasteiger partial charge in [-0.1, -0.05) is 72.3 Å². The van der Waals surface area contributed by atoms with Crippen molar-refractivity contribution in [2.45, 2.75) is 13.8 Å². The van der Waals surface area contributed by atoms with Crippen LogP contribution < -0.4 is 0 Å². The molecule has 0 atom stereocenters. The van der Waals surface area contributed by atoms with Crippen molar-refractivity contribution in [3.05, 3.63) is 90.0 Å². The maximum Gasteiger partial charge on any atom is 0.0623 e. The molecule has 7 aromatic rings. The molecule has 0 aliphatic rings. The summed E-state index contributed by atoms with van der Waals surface area (Å²) in [5.41, 5.74) is 6.64. The first-order valence-electron chi connectivity index (χ1n) is 10.2. The minimum absolute atomic E-state index is 1.29. The number of hydrogen-bond acceptors (Lipinski definition) is 0. The fourth-order valence-electron chi connectivity index (χ4n) is 5.34. The predicted molar refractivity (Wildman–Crippen MR) is 126 cm³/mol. The summed E-state index contributed by atoms with van der Waals surface area (Å²) in [6.45, 7) is 4.41. The first-order valence-corrected chi connectivity index (χ1v) is 10.2. The van der Waals surface area contributed by atoms with Gasteiger partial charge < -0.3 is 4.40 Å². The molecule has 0 aliphatic carbocycles. The van der Waals surface area contributed by atoms with Gasteiger partial charge in [-0.2, -0.15) is 0 Å². The lowest BCUT2D eigenvalue weighted by molar-refractivity contribution is 1.38. The molecule has 0 amide bonds. The Morgan fingerprint density at radius 1 is 0.552 bits per heavy atom. The van der Waals surface area contributed by atoms with E-state index >= 15 is 0 Å². The SMILES string of the molecule is Cc1ccc2cc3c4ccc(C)c5c6ccc7ccccc7c6n(c3cc2c1)c45. The van der Waals surface area contributed by atoms with Crippen molar-refractivity contribution >= 4 is 59.6 Å². The van der Waals surface area contributed by atoms with Crippen molar-refractivity contribution in [3.63, 3.8) is 0 Å². The summed E-state index contributed by atoms with van der Waals surface area (Å²) in [6.07, 6.45) is 0. The Labute approximate surface area is 168 Å². The van der Waals surface area contributed by atoms with Crippen molar-refractivity contribution in [3.8, 4) is 0 Å². The Morgan fingerprint density at radius 3 is 2.31 bits per heavy atom. The lowest BCUT2D eigenvalue weighted by Crippen LogP contribution is -1.84. The van der Waals surface area contributed by atoms with E-state index < -0.39 is 0 Å². The van der Waals surface area contributed by atoms with E-state index in [4.69, 9.17) is 0 Å². The van der Waals surface area contributed by atoms with Crippen LogP contribution >= 0.6 is 0 Å². The Balaban J connectivity index is 1.88. The van der Waals surface area contributed by atoms with Crippen LogP contribution in [0.25, 0.3) is 59.6 Å². The highest BCUT2D eigenvalue weighted by atomic mass is 14.9. The maximum absolute atomic E-state index is 2.52. The number of aromatic nitrogens is 1. The molecule has 0 bridgehead atoms. The van der Waals surface area contributed by atoms with E-state index in [0.717, 1.165) is 0 Å². The molecule has 2 aromatic heterocycles. The molecule has 0 radical (unpaired) electrons. The van der Waals surface area contributed by atoms with Gasteiger partial charge in [-0.05, 0) is 47.7 Å². The van der Waals surface area contributed by atoms with Crippen LogP contribution in [-0.4, -0.2) is 4.40 Å². The predicted octanol–water partition coefficient (Wildman–Crippen LogP) is 7.76. The molecule has 29 heavy (non-hydrogen) atoms. The zero-order chi connectivity index (χ0) is 19.3. The van der Waals surface area contributed by atoms with Gasteiger partial charge in [0.1, 0.15) is 0 Å². The zero-order valence-electron chi connectivity index (χ0n) is 16.5. The molecule has 5 aromatic carbocycles. The maximum atomic E-state index is 2.52. The molecular weight excluding hydrogens is 350 g/mol. The Bertz CT molecular complexity index is 1760. The fourth-order valence-corrected chi connectivity index (χ4v) is 5.34. The first-order chi connectivity index (χ1) is 14.2. The van der Waals surface area contributed by atoms with Gasteiger partial charge >= 0.3 is 0 Å². The first kappa shape index (κ1) is 15.4. The Hall–Kier alpha value is -3.58. The number of benzene rings is 5. The summed E-state index contributed by atoms with van der Waals surface area (Å²) in [4.78, 5) is 0. The number of rotatable bonds is 0. The van der Waals surface area contributed by atoms with E-state index in [2.05, 4.69) is 97.1 Å². The van der Waals surface area contributed by atoms with Crippen molar-refractivity contribution < 1.29 is 0 Å². The molecule has 136 valence electrons. The zero-order valence-corrected chi connectivity index (χ0v) is 16.5. The van der Waals surface area contributed by atoms with Crippen LogP contribution in [0.4, 0.5) is 0 Å². The molecule has 0 saturated heterocycles. The van der Waals surface area contributed by atoms with E-state index in [1.165, 1.54) is 70.8 Å². The smallest absolute Gasteiger partial charge is 0.0623 e. The van der Waals surface area contributed by atoms with Crippen molar-refractivity contribution in [2.75, 3.05) is 0 Å². The third-order valence-corrected chi connectivity index (χ3v) is 6.64. The van der Waals surface area contributed by atoms with Crippen LogP contribution in [0, 0.1) is 13.8 Å². The second-order valence-corrected chi connectivity index (χ2v) is 8.39. The second-order valence-electron chi connectivity index (χ2n) is 8.39. The minimum atomic E-state index is 1.29. The third-order valence-electron chi connectivity index (χ3n) is 6.64. The average Bonchev–Trinajstić information content (AvgIpc) is 3.24. The van der Waals surface area contributed by atoms with Crippen LogP contribution in [0.1, 0.15) is 11.1 Å². The van der Waals surface area contributed by atoms with Crippen molar-refractivity contribution in [2.24, 2.45) is 0 Å². The molecule has 7 rings (SSSR count). The highest BCUT2D eigenvalue weighted by Crippen LogP contribution is 2.43. The molecular formula is C28H19N. The molecule has 0 N–H and O–H groups in total. The quantitative estimate of drug-likeness (QED) is 0.257. The van der Waals surface area contributed by atoms with Gasteiger partial charge in [0.05, 0.1) is 16.6 Å². The van der Waals surface area contributed by atoms with Crippen LogP contribution in [-0.2, 0) is 0 Å². The van der Waals surface area contributed by atoms with Crippen LogP contribution in [0.5, 0.6) is 0 Å². The van der Waals surface area contributed by atoms with E-state index in [1.807, 2.05) is 0 Å². The summed E-state index contributed by atoms with van der Waals surface area (Å²) in [6, 6.07) is 29.4. The van der Waals surface area contributed by atoms with E-state index in [1.54, 1.807) is 0 Å². The molecule has 0 aliphatic heterocycles. The lowest BCUT2D eigenvalue weighted by Gasteiger charge is -2.05. The molecule has 0 fully saturated rings. The minimum Gasteiger partial charge on any atom is -0.307 e. The van der Waals surface area contributed by atoms with Crippen molar-refractivity contribution in [1.82, 2.24) is 4.40 Å². The summed E-state index contributed by atoms with van der Waals surface area (Å²) >= 11 is 0. The van der Waals surface area contributed by atoms with E-state index in [0.29, 0.717) is 0 Å². The van der Waals surface area contributed by atoms with Gasteiger partial charge in [0.25, 0.3) is 0 Å². The van der Waals surface area contributed by atoms with Gasteiger partial charge in [0.15, 0.2) is 0 Å². The number of hydrogen-bond donors (Lipinski definition) is 0. The molecule has 1 heteroatoms. The molecule has 0 unspecified atom stereocenters. The molecule has 0 saturated carbocycles. The van der Waals surface area contributed by atoms with Gasteiger partial charge in [0.2, 0.25) is 0 Å². The highest BCUT2D eigenvalue weighted by Gasteiger charge is 2.20. The van der Waals surface area contributed by atoms with Gasteiger partial charge in [0, 0.05) is 26.9 Å². The largest absolute Gasteiger partial charge is 0.307 e. The number of fused-ring (bicyclic) bond motifs is 9. The van der Waals surface area contributed by atoms with Crippen LogP contribution in [0.15, 0.2) is 78.9 Å². The number of nitrogens with zero attached hydrogens (tertiary/aromatic N) is 1. The van der Waals surface area contributed by atoms with Crippen molar-refractivity contribution in [1.29, 1.82) is 0 Å². The average molecular weight is 369 g/mol. The van der Waals surface area contributed by atoms with E-state index in [-0.39, 0.29) is 0 Å². The van der Waals surface area contributed by atoms with Gasteiger partial charge in [-0.25, -0.2) is 0 Å². The normalized spacial score (nSPS) is 12.5. The van der Waals surface area contributed by atoms with Crippen LogP contribution in [0.2, 0.25) is 0 Å². The summed E-state index contributed by atoms with van der Waals surface area (Å²) < 4.78 is 2.52. The molecule has 2 heterocycles. The number of aryl methyl sites for hydroxylation is 2. The van der Waals surface area contributed by atoms with Gasteiger partial charge in [-0.15, -0.1) is 0 Å². The second kappa shape index (κ2) is 5.07. The monoisotopic (exact) mass is 369 g/mol. The van der Waals surface area contributed by atoms with E-state index in [9.17, 15) is 0 Å². The molecule has 0 spiro atoms. The summed E-state index contributed by atoms with van der Waals surface area (Å²) in [7, 11) is 0. The topological polar surface area (TPSA) is 4.41 Å². The third kappa shape index (κ3) is 1.81. The standard InChI is InChI=1S/C28H19N/c1-16-7-9-19-14-24-22-11-8-17(2)26-23-12-10-18-5-3-4-6-21(18)27(23)29(28(22)26)25(24)15-20(19)13-16/h3-15H,1-2H3. The highest BCUT2D eigenvalue weighted by molar-refractivity contribution is 6.28. The summed E-state index contributed by atoms with van der Waals surface area (Å²) in [5.74, 6) is 0. The Morgan fingerprint density at radius 2 is 1.38 bits per heavy atom. The summed E-state index contributed by atoms with van der Waals surface area (Å²) in [5, 5.41) is 10.7. The van der Waals surface area contributed by atoms with Crippen LogP contribution in [0.3, 0.4) is 0 Å². The fraction of sp³-hybridized carbons (Fsp3) is 0.0714. The molecule has 1 nitrogen and oxygen atoms in total. The van der Waals surface area contributed by atoms with Gasteiger partial charge in [-0.3, -0.25) is 0 Å². The lowest BCUT2D eigenvalue weighted by atomic mass is 10.00.